The number of aromatic nitrogens is 4. The van der Waals surface area contributed by atoms with Gasteiger partial charge in [0.1, 0.15) is 23.4 Å². The molecule has 35 heavy (non-hydrogen) atoms. The van der Waals surface area contributed by atoms with Crippen LogP contribution in [-0.2, 0) is 7.05 Å². The number of nitrogens with one attached hydrogen (secondary N) is 1. The van der Waals surface area contributed by atoms with Crippen LogP contribution >= 0.6 is 0 Å². The van der Waals surface area contributed by atoms with E-state index < -0.39 is 5.91 Å². The van der Waals surface area contributed by atoms with Crippen LogP contribution in [0.25, 0.3) is 27.8 Å². The number of benzene rings is 2. The van der Waals surface area contributed by atoms with E-state index in [0.29, 0.717) is 22.8 Å². The van der Waals surface area contributed by atoms with Gasteiger partial charge in [-0.3, -0.25) is 14.2 Å². The van der Waals surface area contributed by atoms with Gasteiger partial charge in [0.15, 0.2) is 0 Å². The fourth-order valence-corrected chi connectivity index (χ4v) is 4.45. The third-order valence-electron chi connectivity index (χ3n) is 6.07. The average Bonchev–Trinajstić information content (AvgIpc) is 3.17. The first-order chi connectivity index (χ1) is 16.8. The quantitative estimate of drug-likeness (QED) is 0.414. The Balaban J connectivity index is 1.47. The lowest BCUT2D eigenvalue weighted by atomic mass is 10.1. The number of fused-ring (bicyclic) bond motifs is 1. The van der Waals surface area contributed by atoms with Gasteiger partial charge in [0, 0.05) is 35.9 Å². The summed E-state index contributed by atoms with van der Waals surface area (Å²) >= 11 is 0. The van der Waals surface area contributed by atoms with Crippen LogP contribution in [0.5, 0.6) is 0 Å². The minimum Gasteiger partial charge on any atom is -0.383 e. The Morgan fingerprint density at radius 3 is 2.43 bits per heavy atom. The molecule has 0 aliphatic rings. The number of aryl methyl sites for hydroxylation is 3. The molecular weight excluding hydrogens is 440 g/mol. The third-order valence-corrected chi connectivity index (χ3v) is 6.07. The number of nitrogens with zero attached hydrogens (tertiary/aromatic N) is 4. The summed E-state index contributed by atoms with van der Waals surface area (Å²) in [5.41, 5.74) is 11.1. The van der Waals surface area contributed by atoms with Crippen LogP contribution in [0, 0.1) is 13.8 Å². The summed E-state index contributed by atoms with van der Waals surface area (Å²) in [7, 11) is 1.90. The van der Waals surface area contributed by atoms with E-state index in [1.165, 1.54) is 6.33 Å². The molecule has 5 aromatic rings. The third kappa shape index (κ3) is 3.85. The van der Waals surface area contributed by atoms with Crippen molar-refractivity contribution in [1.29, 1.82) is 0 Å². The number of hydrogen-bond acceptors (Lipinski definition) is 5. The maximum atomic E-state index is 13.3. The maximum absolute atomic E-state index is 13.3. The van der Waals surface area contributed by atoms with Crippen molar-refractivity contribution in [3.63, 3.8) is 0 Å². The molecule has 0 saturated carbocycles. The highest BCUT2D eigenvalue weighted by Gasteiger charge is 2.19. The zero-order chi connectivity index (χ0) is 24.7. The zero-order valence-electron chi connectivity index (χ0n) is 19.6. The van der Waals surface area contributed by atoms with Gasteiger partial charge in [-0.15, -0.1) is 0 Å². The lowest BCUT2D eigenvalue weighted by Crippen LogP contribution is -2.31. The van der Waals surface area contributed by atoms with Crippen molar-refractivity contribution < 1.29 is 4.79 Å². The fourth-order valence-electron chi connectivity index (χ4n) is 4.45. The number of rotatable bonds is 4. The summed E-state index contributed by atoms with van der Waals surface area (Å²) in [6.07, 6.45) is 3.39. The Morgan fingerprint density at radius 1 is 1.00 bits per heavy atom. The predicted molar refractivity (Wildman–Crippen MR) is 138 cm³/mol. The van der Waals surface area contributed by atoms with E-state index in [9.17, 15) is 9.59 Å². The molecule has 0 saturated heterocycles. The molecule has 3 aromatic heterocycles. The van der Waals surface area contributed by atoms with Crippen LogP contribution in [0.2, 0.25) is 0 Å². The monoisotopic (exact) mass is 464 g/mol. The van der Waals surface area contributed by atoms with Crippen LogP contribution in [0.4, 0.5) is 11.5 Å². The van der Waals surface area contributed by atoms with Crippen LogP contribution in [0.1, 0.15) is 21.6 Å². The predicted octanol–water partition coefficient (Wildman–Crippen LogP) is 4.24. The number of carbonyl (C=O) groups excluding carboxylic acids is 1. The highest BCUT2D eigenvalue weighted by Crippen LogP contribution is 2.32. The van der Waals surface area contributed by atoms with Gasteiger partial charge in [-0.1, -0.05) is 30.3 Å². The minimum atomic E-state index is -0.451. The van der Waals surface area contributed by atoms with Crippen molar-refractivity contribution >= 4 is 28.4 Å². The van der Waals surface area contributed by atoms with Crippen LogP contribution in [0.15, 0.2) is 78.0 Å². The summed E-state index contributed by atoms with van der Waals surface area (Å²) < 4.78 is 3.45. The normalized spacial score (nSPS) is 11.1. The van der Waals surface area contributed by atoms with E-state index in [-0.39, 0.29) is 11.1 Å². The van der Waals surface area contributed by atoms with Crippen molar-refractivity contribution in [2.24, 2.45) is 7.05 Å². The fraction of sp³-hybridized carbons (Fsp3) is 0.111. The van der Waals surface area contributed by atoms with Crippen molar-refractivity contribution in [3.05, 3.63) is 100 Å². The van der Waals surface area contributed by atoms with Gasteiger partial charge < -0.3 is 15.6 Å². The van der Waals surface area contributed by atoms with Crippen LogP contribution < -0.4 is 16.6 Å². The molecule has 0 atom stereocenters. The number of hydrogen-bond donors (Lipinski definition) is 2. The Bertz CT molecular complexity index is 1630. The van der Waals surface area contributed by atoms with E-state index in [1.807, 2.05) is 73.3 Å². The van der Waals surface area contributed by atoms with Gasteiger partial charge >= 0.3 is 0 Å². The van der Waals surface area contributed by atoms with Gasteiger partial charge in [0.05, 0.1) is 5.39 Å². The second-order valence-electron chi connectivity index (χ2n) is 8.46. The van der Waals surface area contributed by atoms with Gasteiger partial charge in [-0.2, -0.15) is 0 Å². The largest absolute Gasteiger partial charge is 0.383 e. The molecule has 0 fully saturated rings. The molecule has 0 bridgehead atoms. The molecule has 3 N–H and O–H groups in total. The van der Waals surface area contributed by atoms with Crippen molar-refractivity contribution in [3.8, 4) is 16.8 Å². The first-order valence-electron chi connectivity index (χ1n) is 11.1. The summed E-state index contributed by atoms with van der Waals surface area (Å²) in [6, 6.07) is 18.5. The van der Waals surface area contributed by atoms with Crippen LogP contribution in [0.3, 0.4) is 0 Å². The molecule has 0 spiro atoms. The molecule has 0 aliphatic carbocycles. The standard InChI is InChI=1S/C27H24N6O2/c1-16-13-17(2)33(20-7-5-4-6-8-20)27(35)22(16)26(34)31-19-11-9-18(10-12-19)21-14-32(3)25-23(21)24(28)29-15-30-25/h4-15H,1-3H3,(H,31,34)(H2,28,29,30). The summed E-state index contributed by atoms with van der Waals surface area (Å²) in [4.78, 5) is 34.9. The van der Waals surface area contributed by atoms with Gasteiger partial charge in [-0.05, 0) is 55.3 Å². The number of nitrogens with two attached hydrogens (primary N) is 1. The molecule has 0 radical (unpaired) electrons. The Hall–Kier alpha value is -4.72. The smallest absolute Gasteiger partial charge is 0.268 e. The van der Waals surface area contributed by atoms with E-state index in [0.717, 1.165) is 27.9 Å². The molecule has 174 valence electrons. The summed E-state index contributed by atoms with van der Waals surface area (Å²) in [5, 5.41) is 3.64. The highest BCUT2D eigenvalue weighted by molar-refractivity contribution is 6.05. The molecule has 0 unspecified atom stereocenters. The topological polar surface area (TPSA) is 108 Å². The van der Waals surface area contributed by atoms with Crippen molar-refractivity contribution in [1.82, 2.24) is 19.1 Å². The van der Waals surface area contributed by atoms with Crippen molar-refractivity contribution in [2.45, 2.75) is 13.8 Å². The van der Waals surface area contributed by atoms with E-state index >= 15 is 0 Å². The summed E-state index contributed by atoms with van der Waals surface area (Å²) in [6.45, 7) is 3.63. The number of para-hydroxylation sites is 1. The van der Waals surface area contributed by atoms with Gasteiger partial charge in [0.2, 0.25) is 0 Å². The molecule has 1 amide bonds. The number of amides is 1. The Morgan fingerprint density at radius 2 is 1.71 bits per heavy atom. The zero-order valence-corrected chi connectivity index (χ0v) is 19.6. The maximum Gasteiger partial charge on any atom is 0.268 e. The second kappa shape index (κ2) is 8.57. The molecule has 8 heteroatoms. The lowest BCUT2D eigenvalue weighted by molar-refractivity contribution is 0.102. The molecule has 2 aromatic carbocycles. The Labute approximate surface area is 201 Å². The number of nitrogen functional groups attached to an aromatic ring is 1. The number of carbonyl (C=O) groups is 1. The molecule has 5 rings (SSSR count). The number of anilines is 2. The first-order valence-corrected chi connectivity index (χ1v) is 11.1. The molecule has 0 aliphatic heterocycles. The van der Waals surface area contributed by atoms with Gasteiger partial charge in [-0.25, -0.2) is 9.97 Å². The Kier molecular flexibility index (Phi) is 5.41. The molecular formula is C27H24N6O2. The first kappa shape index (κ1) is 22.1. The van der Waals surface area contributed by atoms with E-state index in [2.05, 4.69) is 15.3 Å². The van der Waals surface area contributed by atoms with E-state index in [1.54, 1.807) is 23.6 Å². The lowest BCUT2D eigenvalue weighted by Gasteiger charge is -2.14. The average molecular weight is 465 g/mol. The SMILES string of the molecule is Cc1cc(C)n(-c2ccccc2)c(=O)c1C(=O)Nc1ccc(-c2cn(C)c3ncnc(N)c23)cc1. The minimum absolute atomic E-state index is 0.113. The van der Waals surface area contributed by atoms with Gasteiger partial charge in [0.25, 0.3) is 11.5 Å². The number of pyridine rings is 1. The van der Waals surface area contributed by atoms with Crippen LogP contribution in [-0.4, -0.2) is 25.0 Å². The van der Waals surface area contributed by atoms with Crippen molar-refractivity contribution in [2.75, 3.05) is 11.1 Å². The summed E-state index contributed by atoms with van der Waals surface area (Å²) in [5.74, 6) is -0.0414. The molecule has 8 nitrogen and oxygen atoms in total. The second-order valence-corrected chi connectivity index (χ2v) is 8.46. The van der Waals surface area contributed by atoms with E-state index in [4.69, 9.17) is 5.73 Å². The highest BCUT2D eigenvalue weighted by atomic mass is 16.2. The molecule has 3 heterocycles.